The molecule has 3 rings (SSSR count). The van der Waals surface area contributed by atoms with Gasteiger partial charge in [0, 0.05) is 12.6 Å². The van der Waals surface area contributed by atoms with Crippen LogP contribution in [0, 0.1) is 11.3 Å². The third-order valence-corrected chi connectivity index (χ3v) is 6.65. The Hall–Kier alpha value is -2.11. The number of hydrogen-bond donors (Lipinski definition) is 1. The smallest absolute Gasteiger partial charge is 0.240 e. The number of likely N-dealkylation sites (tertiary alicyclic amines) is 1. The van der Waals surface area contributed by atoms with Crippen LogP contribution in [0.3, 0.4) is 0 Å². The highest BCUT2D eigenvalue weighted by Crippen LogP contribution is 2.27. The maximum absolute atomic E-state index is 12.7. The molecule has 1 aliphatic rings. The van der Waals surface area contributed by atoms with Gasteiger partial charge in [0.15, 0.2) is 0 Å². The van der Waals surface area contributed by atoms with Crippen LogP contribution < -0.4 is 9.46 Å². The van der Waals surface area contributed by atoms with Crippen LogP contribution in [0.2, 0.25) is 5.02 Å². The lowest BCUT2D eigenvalue weighted by molar-refractivity contribution is 0.246. The minimum Gasteiger partial charge on any atom is -0.497 e. The fourth-order valence-corrected chi connectivity index (χ4v) is 4.71. The van der Waals surface area contributed by atoms with Gasteiger partial charge in [0.25, 0.3) is 0 Å². The van der Waals surface area contributed by atoms with Gasteiger partial charge in [0.05, 0.1) is 22.6 Å². The van der Waals surface area contributed by atoms with E-state index in [-0.39, 0.29) is 28.1 Å². The molecule has 0 aromatic heterocycles. The highest BCUT2D eigenvalue weighted by molar-refractivity contribution is 7.89. The van der Waals surface area contributed by atoms with Gasteiger partial charge >= 0.3 is 0 Å². The van der Waals surface area contributed by atoms with E-state index in [0.29, 0.717) is 0 Å². The number of nitriles is 1. The topological polar surface area (TPSA) is 82.4 Å². The van der Waals surface area contributed by atoms with Gasteiger partial charge in [-0.1, -0.05) is 23.7 Å². The number of halogens is 1. The molecular weight excluding hydrogens is 398 g/mol. The molecule has 0 aliphatic carbocycles. The number of sulfonamides is 1. The quantitative estimate of drug-likeness (QED) is 0.744. The van der Waals surface area contributed by atoms with Crippen molar-refractivity contribution in [3.05, 3.63) is 58.6 Å². The van der Waals surface area contributed by atoms with Gasteiger partial charge in [-0.3, -0.25) is 4.90 Å². The third kappa shape index (κ3) is 4.65. The lowest BCUT2D eigenvalue weighted by Crippen LogP contribution is -2.36. The Balaban J connectivity index is 1.80. The van der Waals surface area contributed by atoms with E-state index in [0.717, 1.165) is 37.2 Å². The van der Waals surface area contributed by atoms with Crippen molar-refractivity contribution in [3.8, 4) is 11.8 Å². The van der Waals surface area contributed by atoms with Crippen LogP contribution in [0.1, 0.15) is 30.0 Å². The zero-order valence-electron chi connectivity index (χ0n) is 15.6. The molecule has 6 nitrogen and oxygen atoms in total. The van der Waals surface area contributed by atoms with Gasteiger partial charge in [-0.25, -0.2) is 13.1 Å². The second-order valence-corrected chi connectivity index (χ2v) is 8.81. The van der Waals surface area contributed by atoms with Gasteiger partial charge in [-0.2, -0.15) is 5.26 Å². The normalized spacial score (nSPS) is 15.9. The van der Waals surface area contributed by atoms with Crippen molar-refractivity contribution in [2.45, 2.75) is 23.8 Å². The highest BCUT2D eigenvalue weighted by Gasteiger charge is 2.26. The summed E-state index contributed by atoms with van der Waals surface area (Å²) in [5.74, 6) is 0.761. The lowest BCUT2D eigenvalue weighted by atomic mass is 10.1. The van der Waals surface area contributed by atoms with Crippen molar-refractivity contribution >= 4 is 21.6 Å². The minimum atomic E-state index is -3.75. The molecule has 0 amide bonds. The molecule has 1 unspecified atom stereocenters. The molecule has 2 aromatic rings. The molecule has 1 fully saturated rings. The summed E-state index contributed by atoms with van der Waals surface area (Å²) in [5, 5.41) is 9.08. The summed E-state index contributed by atoms with van der Waals surface area (Å²) in [7, 11) is -2.13. The number of ether oxygens (including phenoxy) is 1. The molecule has 28 heavy (non-hydrogen) atoms. The number of nitrogens with zero attached hydrogens (tertiary/aromatic N) is 2. The fourth-order valence-electron chi connectivity index (χ4n) is 3.36. The van der Waals surface area contributed by atoms with Crippen LogP contribution in [0.15, 0.2) is 47.4 Å². The van der Waals surface area contributed by atoms with E-state index in [9.17, 15) is 8.42 Å². The number of hydrogen-bond acceptors (Lipinski definition) is 5. The monoisotopic (exact) mass is 419 g/mol. The molecule has 1 aliphatic heterocycles. The second-order valence-electron chi connectivity index (χ2n) is 6.64. The maximum Gasteiger partial charge on any atom is 0.240 e. The van der Waals surface area contributed by atoms with Crippen LogP contribution in [-0.2, 0) is 10.0 Å². The fraction of sp³-hybridized carbons (Fsp3) is 0.350. The number of rotatable bonds is 7. The molecule has 0 saturated carbocycles. The zero-order chi connectivity index (χ0) is 20.1. The largest absolute Gasteiger partial charge is 0.497 e. The van der Waals surface area contributed by atoms with E-state index in [1.165, 1.54) is 18.2 Å². The first-order chi connectivity index (χ1) is 13.4. The summed E-state index contributed by atoms with van der Waals surface area (Å²) in [6.07, 6.45) is 2.20. The Morgan fingerprint density at radius 2 is 1.89 bits per heavy atom. The predicted molar refractivity (Wildman–Crippen MR) is 108 cm³/mol. The zero-order valence-corrected chi connectivity index (χ0v) is 17.1. The van der Waals surface area contributed by atoms with Gasteiger partial charge in [-0.15, -0.1) is 0 Å². The Morgan fingerprint density at radius 3 is 2.46 bits per heavy atom. The maximum atomic E-state index is 12.7. The van der Waals surface area contributed by atoms with Crippen LogP contribution in [0.25, 0.3) is 0 Å². The first kappa shape index (κ1) is 20.6. The minimum absolute atomic E-state index is 0.0476. The second kappa shape index (κ2) is 8.93. The van der Waals surface area contributed by atoms with E-state index in [1.54, 1.807) is 7.11 Å². The number of nitrogens with one attached hydrogen (secondary N) is 1. The van der Waals surface area contributed by atoms with Crippen molar-refractivity contribution in [1.82, 2.24) is 9.62 Å². The summed E-state index contributed by atoms with van der Waals surface area (Å²) in [4.78, 5) is 2.34. The molecule has 0 spiro atoms. The summed E-state index contributed by atoms with van der Waals surface area (Å²) >= 11 is 5.99. The lowest BCUT2D eigenvalue weighted by Gasteiger charge is -2.28. The van der Waals surface area contributed by atoms with E-state index in [1.807, 2.05) is 30.3 Å². The Morgan fingerprint density at radius 1 is 1.21 bits per heavy atom. The highest BCUT2D eigenvalue weighted by atomic mass is 35.5. The Bertz CT molecular complexity index is 965. The average Bonchev–Trinajstić information content (AvgIpc) is 3.23. The summed E-state index contributed by atoms with van der Waals surface area (Å²) in [6, 6.07) is 13.7. The molecule has 1 saturated heterocycles. The van der Waals surface area contributed by atoms with E-state index in [2.05, 4.69) is 9.62 Å². The molecule has 1 heterocycles. The first-order valence-electron chi connectivity index (χ1n) is 9.02. The van der Waals surface area contributed by atoms with Crippen LogP contribution >= 0.6 is 11.6 Å². The van der Waals surface area contributed by atoms with Crippen LogP contribution in [0.4, 0.5) is 0 Å². The molecule has 8 heteroatoms. The number of benzene rings is 2. The molecular formula is C20H22ClN3O3S. The van der Waals surface area contributed by atoms with Gasteiger partial charge in [0.2, 0.25) is 10.0 Å². The van der Waals surface area contributed by atoms with E-state index < -0.39 is 10.0 Å². The SMILES string of the molecule is COc1ccc(C(CNS(=O)(=O)c2ccc(C#N)c(Cl)c2)N2CCCC2)cc1. The average molecular weight is 420 g/mol. The van der Waals surface area contributed by atoms with Crippen molar-refractivity contribution in [3.63, 3.8) is 0 Å². The summed E-state index contributed by atoms with van der Waals surface area (Å²) in [5.41, 5.74) is 1.28. The van der Waals surface area contributed by atoms with Crippen molar-refractivity contribution in [2.75, 3.05) is 26.7 Å². The van der Waals surface area contributed by atoms with Crippen molar-refractivity contribution in [1.29, 1.82) is 5.26 Å². The first-order valence-corrected chi connectivity index (χ1v) is 10.9. The summed E-state index contributed by atoms with van der Waals surface area (Å²) in [6.45, 7) is 2.11. The summed E-state index contributed by atoms with van der Waals surface area (Å²) < 4.78 is 33.4. The van der Waals surface area contributed by atoms with Crippen molar-refractivity contribution < 1.29 is 13.2 Å². The van der Waals surface area contributed by atoms with E-state index >= 15 is 0 Å². The van der Waals surface area contributed by atoms with E-state index in [4.69, 9.17) is 21.6 Å². The van der Waals surface area contributed by atoms with Crippen LogP contribution in [0.5, 0.6) is 5.75 Å². The molecule has 1 atom stereocenters. The molecule has 2 aromatic carbocycles. The Labute approximate surface area is 170 Å². The van der Waals surface area contributed by atoms with Crippen LogP contribution in [-0.4, -0.2) is 40.1 Å². The molecule has 0 bridgehead atoms. The number of methoxy groups -OCH3 is 1. The molecule has 148 valence electrons. The van der Waals surface area contributed by atoms with Crippen molar-refractivity contribution in [2.24, 2.45) is 0 Å². The third-order valence-electron chi connectivity index (χ3n) is 4.92. The van der Waals surface area contributed by atoms with Gasteiger partial charge in [0.1, 0.15) is 11.8 Å². The Kier molecular flexibility index (Phi) is 6.57. The standard InChI is InChI=1S/C20H22ClN3O3S/c1-27-17-7-4-15(5-8-17)20(24-10-2-3-11-24)14-23-28(25,26)18-9-6-16(13-22)19(21)12-18/h4-9,12,20,23H,2-3,10-11,14H2,1H3. The van der Waals surface area contributed by atoms with Gasteiger partial charge in [-0.05, 0) is 61.8 Å². The van der Waals surface area contributed by atoms with Gasteiger partial charge < -0.3 is 4.74 Å². The predicted octanol–water partition coefficient (Wildman–Crippen LogP) is 3.34. The molecule has 0 radical (unpaired) electrons. The molecule has 1 N–H and O–H groups in total.